The Balaban J connectivity index is 1.79. The van der Waals surface area contributed by atoms with Crippen LogP contribution in [0.15, 0.2) is 40.9 Å². The van der Waals surface area contributed by atoms with E-state index >= 15 is 0 Å². The fraction of sp³-hybridized carbons (Fsp3) is 0.529. The zero-order valence-electron chi connectivity index (χ0n) is 13.8. The van der Waals surface area contributed by atoms with Crippen molar-refractivity contribution in [2.45, 2.75) is 37.9 Å². The van der Waals surface area contributed by atoms with E-state index in [1.165, 1.54) is 0 Å². The molecule has 1 saturated carbocycles. The number of nitrogens with zero attached hydrogens (tertiary/aromatic N) is 1. The van der Waals surface area contributed by atoms with Gasteiger partial charge in [-0.1, -0.05) is 49.1 Å². The molecule has 1 aliphatic carbocycles. The first-order valence-corrected chi connectivity index (χ1v) is 12.9. The molecule has 1 saturated heterocycles. The van der Waals surface area contributed by atoms with Gasteiger partial charge in [0.2, 0.25) is 10.0 Å². The topological polar surface area (TPSA) is 37.4 Å². The van der Waals surface area contributed by atoms with E-state index in [1.807, 2.05) is 19.1 Å². The number of fused-ring (bicyclic) bond motifs is 1. The van der Waals surface area contributed by atoms with Crippen LogP contribution in [-0.2, 0) is 10.0 Å². The number of piperidine rings is 1. The lowest BCUT2D eigenvalue weighted by Gasteiger charge is -2.20. The zero-order chi connectivity index (χ0) is 16.2. The van der Waals surface area contributed by atoms with Crippen molar-refractivity contribution in [3.05, 3.63) is 41.6 Å². The second kappa shape index (κ2) is 5.04. The van der Waals surface area contributed by atoms with Gasteiger partial charge >= 0.3 is 0 Å². The van der Waals surface area contributed by atoms with Gasteiger partial charge in [-0.15, -0.1) is 0 Å². The number of rotatable bonds is 4. The molecule has 0 amide bonds. The number of sulfonamides is 1. The van der Waals surface area contributed by atoms with Crippen LogP contribution in [-0.4, -0.2) is 33.9 Å². The van der Waals surface area contributed by atoms with E-state index in [-0.39, 0.29) is 5.41 Å². The summed E-state index contributed by atoms with van der Waals surface area (Å²) in [6, 6.07) is 7.17. The molecule has 0 radical (unpaired) electrons. The van der Waals surface area contributed by atoms with Crippen molar-refractivity contribution in [3.8, 4) is 0 Å². The molecule has 1 aliphatic heterocycles. The summed E-state index contributed by atoms with van der Waals surface area (Å²) in [5.74, 6) is 0.514. The first kappa shape index (κ1) is 16.0. The Kier molecular flexibility index (Phi) is 3.66. The minimum Gasteiger partial charge on any atom is -0.207 e. The molecule has 22 heavy (non-hydrogen) atoms. The lowest BCUT2D eigenvalue weighted by atomic mass is 10.1. The lowest BCUT2D eigenvalue weighted by molar-refractivity contribution is 0.427. The van der Waals surface area contributed by atoms with Crippen LogP contribution in [0.25, 0.3) is 0 Å². The number of hydrogen-bond acceptors (Lipinski definition) is 2. The molecule has 3 nitrogen and oxygen atoms in total. The van der Waals surface area contributed by atoms with Crippen LogP contribution in [0.2, 0.25) is 19.6 Å². The average Bonchev–Trinajstić information content (AvgIpc) is 2.98. The molecule has 0 unspecified atom stereocenters. The lowest BCUT2D eigenvalue weighted by Crippen LogP contribution is -2.31. The van der Waals surface area contributed by atoms with Crippen LogP contribution < -0.4 is 0 Å². The molecule has 5 heteroatoms. The largest absolute Gasteiger partial charge is 0.243 e. The van der Waals surface area contributed by atoms with Gasteiger partial charge in [0.05, 0.1) is 13.0 Å². The van der Waals surface area contributed by atoms with Crippen molar-refractivity contribution in [2.75, 3.05) is 13.1 Å². The molecule has 2 aliphatic rings. The van der Waals surface area contributed by atoms with Crippen LogP contribution in [0.5, 0.6) is 0 Å². The van der Waals surface area contributed by atoms with Crippen LogP contribution in [0, 0.1) is 18.3 Å². The second-order valence-corrected chi connectivity index (χ2v) is 14.9. The molecule has 2 fully saturated rings. The summed E-state index contributed by atoms with van der Waals surface area (Å²) in [5, 5.41) is 0. The summed E-state index contributed by atoms with van der Waals surface area (Å²) in [7, 11) is -4.57. The number of benzene rings is 1. The van der Waals surface area contributed by atoms with Gasteiger partial charge in [0.1, 0.15) is 0 Å². The highest BCUT2D eigenvalue weighted by molar-refractivity contribution is 7.89. The Morgan fingerprint density at radius 3 is 2.45 bits per heavy atom. The van der Waals surface area contributed by atoms with Crippen LogP contribution in [0.3, 0.4) is 0 Å². The Morgan fingerprint density at radius 2 is 1.86 bits per heavy atom. The molecule has 2 atom stereocenters. The van der Waals surface area contributed by atoms with Crippen molar-refractivity contribution in [2.24, 2.45) is 11.3 Å². The predicted molar refractivity (Wildman–Crippen MR) is 93.0 cm³/mol. The van der Waals surface area contributed by atoms with Gasteiger partial charge < -0.3 is 0 Å². The normalized spacial score (nSPS) is 29.0. The molecule has 0 aromatic heterocycles. The number of hydrogen-bond donors (Lipinski definition) is 0. The van der Waals surface area contributed by atoms with Gasteiger partial charge in [-0.25, -0.2) is 8.42 Å². The van der Waals surface area contributed by atoms with Crippen molar-refractivity contribution in [1.82, 2.24) is 4.31 Å². The maximum atomic E-state index is 12.8. The molecule has 1 heterocycles. The van der Waals surface area contributed by atoms with Gasteiger partial charge in [0, 0.05) is 18.5 Å². The minimum absolute atomic E-state index is 0.123. The van der Waals surface area contributed by atoms with E-state index in [4.69, 9.17) is 0 Å². The fourth-order valence-corrected chi connectivity index (χ4v) is 5.59. The second-order valence-electron chi connectivity index (χ2n) is 7.94. The van der Waals surface area contributed by atoms with Crippen LogP contribution >= 0.6 is 0 Å². The van der Waals surface area contributed by atoms with E-state index < -0.39 is 18.1 Å². The third kappa shape index (κ3) is 2.94. The van der Waals surface area contributed by atoms with Gasteiger partial charge in [0.25, 0.3) is 0 Å². The summed E-state index contributed by atoms with van der Waals surface area (Å²) in [5.41, 5.74) is 3.57. The molecule has 1 aromatic carbocycles. The maximum absolute atomic E-state index is 12.8. The summed E-state index contributed by atoms with van der Waals surface area (Å²) in [6.07, 6.45) is 3.47. The maximum Gasteiger partial charge on any atom is 0.243 e. The smallest absolute Gasteiger partial charge is 0.207 e. The van der Waals surface area contributed by atoms with E-state index in [1.54, 1.807) is 16.4 Å². The molecule has 1 aromatic rings. The summed E-state index contributed by atoms with van der Waals surface area (Å²) in [4.78, 5) is 0.420. The molecular weight excluding hydrogens is 310 g/mol. The number of aryl methyl sites for hydroxylation is 1. The van der Waals surface area contributed by atoms with Gasteiger partial charge in [0.15, 0.2) is 0 Å². The zero-order valence-corrected chi connectivity index (χ0v) is 15.7. The summed E-state index contributed by atoms with van der Waals surface area (Å²) in [6.45, 7) is 10.2. The van der Waals surface area contributed by atoms with Gasteiger partial charge in [-0.05, 0) is 31.4 Å². The van der Waals surface area contributed by atoms with Crippen molar-refractivity contribution >= 4 is 18.1 Å². The Bertz CT molecular complexity index is 703. The third-order valence-electron chi connectivity index (χ3n) is 4.75. The summed E-state index contributed by atoms with van der Waals surface area (Å²) < 4.78 is 27.2. The molecule has 0 N–H and O–H groups in total. The molecular formula is C17H25NO2SSi. The van der Waals surface area contributed by atoms with Crippen molar-refractivity contribution in [3.63, 3.8) is 0 Å². The molecule has 0 bridgehead atoms. The highest BCUT2D eigenvalue weighted by Gasteiger charge is 2.60. The highest BCUT2D eigenvalue weighted by atomic mass is 32.2. The van der Waals surface area contributed by atoms with Crippen LogP contribution in [0.4, 0.5) is 0 Å². The Morgan fingerprint density at radius 1 is 1.23 bits per heavy atom. The summed E-state index contributed by atoms with van der Waals surface area (Å²) >= 11 is 0. The van der Waals surface area contributed by atoms with E-state index in [0.29, 0.717) is 23.9 Å². The third-order valence-corrected chi connectivity index (χ3v) is 7.74. The Labute approximate surface area is 135 Å². The molecule has 0 spiro atoms. The molecule has 120 valence electrons. The predicted octanol–water partition coefficient (Wildman–Crippen LogP) is 3.44. The molecule has 3 rings (SSSR count). The fourth-order valence-electron chi connectivity index (χ4n) is 3.19. The van der Waals surface area contributed by atoms with Crippen LogP contribution in [0.1, 0.15) is 12.0 Å². The van der Waals surface area contributed by atoms with Crippen molar-refractivity contribution in [1.29, 1.82) is 0 Å². The average molecular weight is 336 g/mol. The first-order chi connectivity index (χ1) is 10.1. The van der Waals surface area contributed by atoms with Gasteiger partial charge in [-0.2, -0.15) is 4.31 Å². The van der Waals surface area contributed by atoms with Gasteiger partial charge in [-0.3, -0.25) is 0 Å². The monoisotopic (exact) mass is 335 g/mol. The minimum atomic E-state index is -3.34. The van der Waals surface area contributed by atoms with Crippen molar-refractivity contribution < 1.29 is 8.42 Å². The quantitative estimate of drug-likeness (QED) is 0.791. The highest BCUT2D eigenvalue weighted by Crippen LogP contribution is 2.59. The first-order valence-electron chi connectivity index (χ1n) is 7.90. The van der Waals surface area contributed by atoms with E-state index in [9.17, 15) is 8.42 Å². The van der Waals surface area contributed by atoms with E-state index in [2.05, 4.69) is 31.4 Å². The SMILES string of the molecule is Cc1ccc(S(=O)(=O)N2C[C@@H]3C[C@]3(/C=C/[Si](C)(C)C)C2)cc1. The van der Waals surface area contributed by atoms with E-state index in [0.717, 1.165) is 12.0 Å². The Hall–Kier alpha value is -0.913. The standard InChI is InChI=1S/C17H25NO2SSi/c1-14-5-7-16(8-6-14)21(19,20)18-12-15-11-17(15,13-18)9-10-22(2,3)4/h5-10,15H,11-13H2,1-4H3/b10-9+/t15-,17+/m0/s1.